The number of aryl methyl sites for hydroxylation is 3. The first kappa shape index (κ1) is 16.3. The quantitative estimate of drug-likeness (QED) is 0.793. The Hall–Kier alpha value is -1.12. The van der Waals surface area contributed by atoms with Gasteiger partial charge in [-0.1, -0.05) is 61.0 Å². The van der Waals surface area contributed by atoms with Gasteiger partial charge in [0.05, 0.1) is 6.04 Å². The zero-order valence-corrected chi connectivity index (χ0v) is 14.7. The van der Waals surface area contributed by atoms with Gasteiger partial charge in [0.2, 0.25) is 0 Å². The van der Waals surface area contributed by atoms with Crippen molar-refractivity contribution >= 4 is 15.9 Å². The van der Waals surface area contributed by atoms with Crippen molar-refractivity contribution < 1.29 is 0 Å². The van der Waals surface area contributed by atoms with Gasteiger partial charge in [-0.15, -0.1) is 0 Å². The molecule has 0 fully saturated rings. The summed E-state index contributed by atoms with van der Waals surface area (Å²) in [5.41, 5.74) is 13.3. The standard InChI is InChI=1S/C19H24BrN/c1-4-13-11-14(5-2)18(15(6-3)12-13)19(21)16-7-9-17(20)10-8-16/h7-12,19H,4-6,21H2,1-3H3. The number of hydrogen-bond acceptors (Lipinski definition) is 1. The zero-order valence-electron chi connectivity index (χ0n) is 13.1. The van der Waals surface area contributed by atoms with E-state index in [1.807, 2.05) is 0 Å². The van der Waals surface area contributed by atoms with Gasteiger partial charge in [-0.05, 0) is 59.2 Å². The van der Waals surface area contributed by atoms with E-state index in [4.69, 9.17) is 5.73 Å². The molecule has 2 aromatic rings. The molecule has 0 aromatic heterocycles. The van der Waals surface area contributed by atoms with E-state index in [0.717, 1.165) is 23.7 Å². The summed E-state index contributed by atoms with van der Waals surface area (Å²) < 4.78 is 1.09. The van der Waals surface area contributed by atoms with Crippen LogP contribution in [0.1, 0.15) is 54.6 Å². The fourth-order valence-corrected chi connectivity index (χ4v) is 3.14. The van der Waals surface area contributed by atoms with E-state index in [-0.39, 0.29) is 6.04 Å². The van der Waals surface area contributed by atoms with Crippen molar-refractivity contribution in [3.8, 4) is 0 Å². The molecule has 0 saturated carbocycles. The predicted octanol–water partition coefficient (Wildman–Crippen LogP) is 5.18. The summed E-state index contributed by atoms with van der Waals surface area (Å²) in [4.78, 5) is 0. The van der Waals surface area contributed by atoms with E-state index < -0.39 is 0 Å². The van der Waals surface area contributed by atoms with Crippen LogP contribution in [0.25, 0.3) is 0 Å². The minimum atomic E-state index is -0.0473. The lowest BCUT2D eigenvalue weighted by Gasteiger charge is -2.21. The van der Waals surface area contributed by atoms with Crippen LogP contribution in [0.2, 0.25) is 0 Å². The number of rotatable bonds is 5. The second kappa shape index (κ2) is 7.24. The van der Waals surface area contributed by atoms with Crippen LogP contribution in [-0.4, -0.2) is 0 Å². The van der Waals surface area contributed by atoms with Crippen LogP contribution in [0.4, 0.5) is 0 Å². The molecular weight excluding hydrogens is 322 g/mol. The van der Waals surface area contributed by atoms with Crippen molar-refractivity contribution in [2.75, 3.05) is 0 Å². The molecule has 0 bridgehead atoms. The molecule has 0 saturated heterocycles. The highest BCUT2D eigenvalue weighted by Crippen LogP contribution is 2.29. The van der Waals surface area contributed by atoms with Crippen molar-refractivity contribution in [3.63, 3.8) is 0 Å². The molecule has 0 spiro atoms. The molecule has 2 aromatic carbocycles. The molecule has 0 aliphatic rings. The highest BCUT2D eigenvalue weighted by Gasteiger charge is 2.17. The van der Waals surface area contributed by atoms with Crippen LogP contribution in [-0.2, 0) is 19.3 Å². The Kier molecular flexibility index (Phi) is 5.60. The maximum Gasteiger partial charge on any atom is 0.0557 e. The largest absolute Gasteiger partial charge is 0.320 e. The fourth-order valence-electron chi connectivity index (χ4n) is 2.88. The molecule has 2 heteroatoms. The van der Waals surface area contributed by atoms with Crippen molar-refractivity contribution in [1.29, 1.82) is 0 Å². The van der Waals surface area contributed by atoms with Gasteiger partial charge in [-0.25, -0.2) is 0 Å². The maximum atomic E-state index is 6.60. The molecule has 0 aliphatic heterocycles. The Balaban J connectivity index is 2.52. The number of nitrogens with two attached hydrogens (primary N) is 1. The van der Waals surface area contributed by atoms with E-state index in [0.29, 0.717) is 0 Å². The predicted molar refractivity (Wildman–Crippen MR) is 94.7 cm³/mol. The van der Waals surface area contributed by atoms with Crippen LogP contribution in [0.3, 0.4) is 0 Å². The average Bonchev–Trinajstić information content (AvgIpc) is 2.53. The van der Waals surface area contributed by atoms with Gasteiger partial charge >= 0.3 is 0 Å². The van der Waals surface area contributed by atoms with Crippen LogP contribution in [0, 0.1) is 0 Å². The Morgan fingerprint density at radius 2 is 1.43 bits per heavy atom. The molecule has 0 aliphatic carbocycles. The third-order valence-electron chi connectivity index (χ3n) is 4.12. The van der Waals surface area contributed by atoms with Crippen LogP contribution in [0.5, 0.6) is 0 Å². The third-order valence-corrected chi connectivity index (χ3v) is 4.65. The lowest BCUT2D eigenvalue weighted by atomic mass is 9.87. The molecule has 112 valence electrons. The fraction of sp³-hybridized carbons (Fsp3) is 0.368. The van der Waals surface area contributed by atoms with Gasteiger partial charge in [0.15, 0.2) is 0 Å². The first-order valence-electron chi connectivity index (χ1n) is 7.76. The number of benzene rings is 2. The average molecular weight is 346 g/mol. The minimum absolute atomic E-state index is 0.0473. The Morgan fingerprint density at radius 3 is 1.86 bits per heavy atom. The molecule has 0 amide bonds. The second-order valence-corrected chi connectivity index (χ2v) is 6.33. The second-order valence-electron chi connectivity index (χ2n) is 5.42. The number of halogens is 1. The molecule has 1 atom stereocenters. The van der Waals surface area contributed by atoms with Gasteiger partial charge in [-0.2, -0.15) is 0 Å². The minimum Gasteiger partial charge on any atom is -0.320 e. The van der Waals surface area contributed by atoms with E-state index in [9.17, 15) is 0 Å². The van der Waals surface area contributed by atoms with Gasteiger partial charge in [0, 0.05) is 4.47 Å². The lowest BCUT2D eigenvalue weighted by Crippen LogP contribution is -2.17. The van der Waals surface area contributed by atoms with Crippen LogP contribution < -0.4 is 5.73 Å². The summed E-state index contributed by atoms with van der Waals surface area (Å²) >= 11 is 3.49. The smallest absolute Gasteiger partial charge is 0.0557 e. The van der Waals surface area contributed by atoms with Gasteiger partial charge in [-0.3, -0.25) is 0 Å². The summed E-state index contributed by atoms with van der Waals surface area (Å²) in [7, 11) is 0. The lowest BCUT2D eigenvalue weighted by molar-refractivity contribution is 0.824. The van der Waals surface area contributed by atoms with Gasteiger partial charge < -0.3 is 5.73 Å². The third kappa shape index (κ3) is 3.56. The van der Waals surface area contributed by atoms with E-state index in [1.165, 1.54) is 27.8 Å². The Labute approximate surface area is 136 Å². The van der Waals surface area contributed by atoms with Crippen molar-refractivity contribution in [3.05, 3.63) is 68.7 Å². The molecule has 2 N–H and O–H groups in total. The maximum absolute atomic E-state index is 6.60. The van der Waals surface area contributed by atoms with Crippen LogP contribution in [0.15, 0.2) is 40.9 Å². The number of hydrogen-bond donors (Lipinski definition) is 1. The van der Waals surface area contributed by atoms with E-state index in [2.05, 4.69) is 73.1 Å². The summed E-state index contributed by atoms with van der Waals surface area (Å²) in [6.07, 6.45) is 3.13. The normalized spacial score (nSPS) is 12.4. The molecular formula is C19H24BrN. The molecule has 1 unspecified atom stereocenters. The monoisotopic (exact) mass is 345 g/mol. The highest BCUT2D eigenvalue weighted by molar-refractivity contribution is 9.10. The molecule has 0 heterocycles. The first-order valence-corrected chi connectivity index (χ1v) is 8.55. The first-order chi connectivity index (χ1) is 10.1. The van der Waals surface area contributed by atoms with Gasteiger partial charge in [0.1, 0.15) is 0 Å². The van der Waals surface area contributed by atoms with Gasteiger partial charge in [0.25, 0.3) is 0 Å². The van der Waals surface area contributed by atoms with E-state index in [1.54, 1.807) is 0 Å². The molecule has 1 nitrogen and oxygen atoms in total. The summed E-state index contributed by atoms with van der Waals surface area (Å²) in [5, 5.41) is 0. The van der Waals surface area contributed by atoms with Crippen molar-refractivity contribution in [2.45, 2.75) is 46.1 Å². The van der Waals surface area contributed by atoms with Crippen molar-refractivity contribution in [2.24, 2.45) is 5.73 Å². The highest BCUT2D eigenvalue weighted by atomic mass is 79.9. The summed E-state index contributed by atoms with van der Waals surface area (Å²) in [5.74, 6) is 0. The molecule has 2 rings (SSSR count). The van der Waals surface area contributed by atoms with Crippen LogP contribution >= 0.6 is 15.9 Å². The van der Waals surface area contributed by atoms with Crippen molar-refractivity contribution in [1.82, 2.24) is 0 Å². The molecule has 21 heavy (non-hydrogen) atoms. The summed E-state index contributed by atoms with van der Waals surface area (Å²) in [6.45, 7) is 6.64. The van der Waals surface area contributed by atoms with E-state index >= 15 is 0 Å². The summed E-state index contributed by atoms with van der Waals surface area (Å²) in [6, 6.07) is 13.0. The molecule has 0 radical (unpaired) electrons. The Morgan fingerprint density at radius 1 is 0.905 bits per heavy atom. The zero-order chi connectivity index (χ0) is 15.4. The topological polar surface area (TPSA) is 26.0 Å². The Bertz CT molecular complexity index is 576. The SMILES string of the molecule is CCc1cc(CC)c(C(N)c2ccc(Br)cc2)c(CC)c1.